The van der Waals surface area contributed by atoms with E-state index in [4.69, 9.17) is 0 Å². The van der Waals surface area contributed by atoms with Crippen LogP contribution in [0.25, 0.3) is 10.8 Å². The summed E-state index contributed by atoms with van der Waals surface area (Å²) in [6.45, 7) is 1.43. The Labute approximate surface area is 167 Å². The van der Waals surface area contributed by atoms with Crippen LogP contribution in [-0.4, -0.2) is 23.8 Å². The van der Waals surface area contributed by atoms with Crippen molar-refractivity contribution in [2.24, 2.45) is 0 Å². The lowest BCUT2D eigenvalue weighted by atomic mass is 10.1. The Bertz CT molecular complexity index is 1100. The van der Waals surface area contributed by atoms with Crippen LogP contribution in [0.1, 0.15) is 13.3 Å². The molecule has 3 aromatic carbocycles. The Morgan fingerprint density at radius 2 is 1.52 bits per heavy atom. The summed E-state index contributed by atoms with van der Waals surface area (Å²) in [6, 6.07) is 17.6. The minimum atomic E-state index is -0.702. The number of anilines is 4. The number of rotatable bonds is 4. The van der Waals surface area contributed by atoms with Gasteiger partial charge in [0.25, 0.3) is 0 Å². The Hall–Kier alpha value is -3.87. The Kier molecular flexibility index (Phi) is 4.87. The van der Waals surface area contributed by atoms with E-state index in [1.807, 2.05) is 36.4 Å². The van der Waals surface area contributed by atoms with Gasteiger partial charge < -0.3 is 21.3 Å². The summed E-state index contributed by atoms with van der Waals surface area (Å²) in [6.07, 6.45) is -0.0241. The van der Waals surface area contributed by atoms with Crippen LogP contribution in [-0.2, 0) is 14.4 Å². The van der Waals surface area contributed by atoms with E-state index >= 15 is 0 Å². The quantitative estimate of drug-likeness (QED) is 0.549. The van der Waals surface area contributed by atoms with Crippen LogP contribution < -0.4 is 21.3 Å². The average Bonchev–Trinajstić information content (AvgIpc) is 2.81. The first-order valence-electron chi connectivity index (χ1n) is 9.26. The molecule has 0 unspecified atom stereocenters. The van der Waals surface area contributed by atoms with Crippen molar-refractivity contribution in [3.05, 3.63) is 60.7 Å². The summed E-state index contributed by atoms with van der Waals surface area (Å²) in [7, 11) is 0. The van der Waals surface area contributed by atoms with Crippen LogP contribution in [0, 0.1) is 0 Å². The van der Waals surface area contributed by atoms with Crippen LogP contribution in [0.2, 0.25) is 0 Å². The highest BCUT2D eigenvalue weighted by molar-refractivity contribution is 6.13. The molecule has 1 heterocycles. The van der Waals surface area contributed by atoms with Crippen molar-refractivity contribution in [1.82, 2.24) is 0 Å². The first-order chi connectivity index (χ1) is 14.0. The molecule has 1 aliphatic heterocycles. The molecule has 0 fully saturated rings. The molecule has 0 bridgehead atoms. The van der Waals surface area contributed by atoms with Crippen molar-refractivity contribution in [2.75, 3.05) is 21.3 Å². The minimum Gasteiger partial charge on any atom is -0.373 e. The van der Waals surface area contributed by atoms with Gasteiger partial charge >= 0.3 is 0 Å². The lowest BCUT2D eigenvalue weighted by molar-refractivity contribution is -0.121. The molecule has 3 amide bonds. The zero-order valence-corrected chi connectivity index (χ0v) is 15.8. The van der Waals surface area contributed by atoms with Gasteiger partial charge in [-0.25, -0.2) is 0 Å². The second kappa shape index (κ2) is 7.63. The Balaban J connectivity index is 1.47. The van der Waals surface area contributed by atoms with E-state index in [9.17, 15) is 14.4 Å². The molecule has 3 aromatic rings. The summed E-state index contributed by atoms with van der Waals surface area (Å²) < 4.78 is 0. The van der Waals surface area contributed by atoms with Gasteiger partial charge in [0.1, 0.15) is 6.04 Å². The largest absolute Gasteiger partial charge is 0.373 e. The van der Waals surface area contributed by atoms with Gasteiger partial charge in [-0.05, 0) is 41.8 Å². The zero-order valence-electron chi connectivity index (χ0n) is 15.8. The highest BCUT2D eigenvalue weighted by Crippen LogP contribution is 2.33. The minimum absolute atomic E-state index is 0.0241. The van der Waals surface area contributed by atoms with Crippen molar-refractivity contribution in [1.29, 1.82) is 0 Å². The van der Waals surface area contributed by atoms with Crippen molar-refractivity contribution in [2.45, 2.75) is 19.4 Å². The van der Waals surface area contributed by atoms with Gasteiger partial charge in [-0.15, -0.1) is 0 Å². The van der Waals surface area contributed by atoms with E-state index in [0.717, 1.165) is 22.1 Å². The molecule has 0 aliphatic carbocycles. The SMILES string of the molecule is CC(=O)Nc1ccc(NC(=O)C[C@@H]2Nc3cccc4cccc(c34)NC2=O)cc1. The van der Waals surface area contributed by atoms with Gasteiger partial charge in [-0.1, -0.05) is 24.3 Å². The molecule has 146 valence electrons. The molecule has 7 nitrogen and oxygen atoms in total. The van der Waals surface area contributed by atoms with Crippen molar-refractivity contribution in [3.63, 3.8) is 0 Å². The summed E-state index contributed by atoms with van der Waals surface area (Å²) >= 11 is 0. The van der Waals surface area contributed by atoms with Gasteiger partial charge in [-0.3, -0.25) is 14.4 Å². The lowest BCUT2D eigenvalue weighted by Crippen LogP contribution is -2.36. The van der Waals surface area contributed by atoms with E-state index in [2.05, 4.69) is 21.3 Å². The number of hydrogen-bond donors (Lipinski definition) is 4. The molecule has 1 atom stereocenters. The molecule has 0 spiro atoms. The fourth-order valence-electron chi connectivity index (χ4n) is 3.42. The predicted molar refractivity (Wildman–Crippen MR) is 114 cm³/mol. The van der Waals surface area contributed by atoms with Gasteiger partial charge in [-0.2, -0.15) is 0 Å². The number of amides is 3. The van der Waals surface area contributed by atoms with Gasteiger partial charge in [0.15, 0.2) is 0 Å². The molecule has 0 saturated carbocycles. The topological polar surface area (TPSA) is 99.3 Å². The number of carbonyl (C=O) groups excluding carboxylic acids is 3. The average molecular weight is 388 g/mol. The van der Waals surface area contributed by atoms with Gasteiger partial charge in [0.2, 0.25) is 17.7 Å². The van der Waals surface area contributed by atoms with Crippen molar-refractivity contribution < 1.29 is 14.4 Å². The van der Waals surface area contributed by atoms with Crippen molar-refractivity contribution in [3.8, 4) is 0 Å². The first-order valence-corrected chi connectivity index (χ1v) is 9.26. The number of carbonyl (C=O) groups is 3. The monoisotopic (exact) mass is 388 g/mol. The van der Waals surface area contributed by atoms with Gasteiger partial charge in [0, 0.05) is 29.4 Å². The third-order valence-corrected chi connectivity index (χ3v) is 4.69. The third kappa shape index (κ3) is 4.03. The van der Waals surface area contributed by atoms with Crippen LogP contribution in [0.5, 0.6) is 0 Å². The second-order valence-electron chi connectivity index (χ2n) is 6.91. The molecule has 0 radical (unpaired) electrons. The smallest absolute Gasteiger partial charge is 0.247 e. The molecule has 0 saturated heterocycles. The van der Waals surface area contributed by atoms with Crippen LogP contribution in [0.3, 0.4) is 0 Å². The normalized spacial score (nSPS) is 15.1. The molecule has 7 heteroatoms. The van der Waals surface area contributed by atoms with Crippen molar-refractivity contribution >= 4 is 51.2 Å². The van der Waals surface area contributed by atoms with E-state index in [-0.39, 0.29) is 24.1 Å². The summed E-state index contributed by atoms with van der Waals surface area (Å²) in [4.78, 5) is 36.3. The molecule has 29 heavy (non-hydrogen) atoms. The fraction of sp³-hybridized carbons (Fsp3) is 0.136. The third-order valence-electron chi connectivity index (χ3n) is 4.69. The highest BCUT2D eigenvalue weighted by atomic mass is 16.2. The van der Waals surface area contributed by atoms with E-state index in [1.54, 1.807) is 24.3 Å². The highest BCUT2D eigenvalue weighted by Gasteiger charge is 2.26. The summed E-state index contributed by atoms with van der Waals surface area (Å²) in [5.74, 6) is -0.712. The number of benzene rings is 3. The Morgan fingerprint density at radius 3 is 2.17 bits per heavy atom. The number of hydrogen-bond acceptors (Lipinski definition) is 4. The molecule has 4 N–H and O–H groups in total. The standard InChI is InChI=1S/C22H20N4O3/c1-13(27)23-15-8-10-16(11-9-15)24-20(28)12-19-22(29)26-18-7-3-5-14-4-2-6-17(25-19)21(14)18/h2-11,19,25H,12H2,1H3,(H,23,27)(H,24,28)(H,26,29)/t19-/m0/s1. The maximum absolute atomic E-state index is 12.7. The Morgan fingerprint density at radius 1 is 0.897 bits per heavy atom. The first kappa shape index (κ1) is 18.5. The van der Waals surface area contributed by atoms with Crippen LogP contribution in [0.4, 0.5) is 22.7 Å². The van der Waals surface area contributed by atoms with Crippen LogP contribution >= 0.6 is 0 Å². The summed E-state index contributed by atoms with van der Waals surface area (Å²) in [5, 5.41) is 13.5. The zero-order chi connectivity index (χ0) is 20.4. The second-order valence-corrected chi connectivity index (χ2v) is 6.91. The molecule has 0 aromatic heterocycles. The predicted octanol–water partition coefficient (Wildman–Crippen LogP) is 3.56. The van der Waals surface area contributed by atoms with Crippen LogP contribution in [0.15, 0.2) is 60.7 Å². The van der Waals surface area contributed by atoms with E-state index in [0.29, 0.717) is 11.4 Å². The van der Waals surface area contributed by atoms with E-state index < -0.39 is 6.04 Å². The number of nitrogens with one attached hydrogen (secondary N) is 4. The lowest BCUT2D eigenvalue weighted by Gasteiger charge is -2.16. The molecule has 1 aliphatic rings. The van der Waals surface area contributed by atoms with Gasteiger partial charge in [0.05, 0.1) is 12.1 Å². The maximum atomic E-state index is 12.7. The molecular formula is C22H20N4O3. The molecular weight excluding hydrogens is 368 g/mol. The summed E-state index contributed by atoms with van der Waals surface area (Å²) in [5.41, 5.74) is 2.77. The van der Waals surface area contributed by atoms with E-state index in [1.165, 1.54) is 6.92 Å². The molecule has 4 rings (SSSR count). The fourth-order valence-corrected chi connectivity index (χ4v) is 3.42. The maximum Gasteiger partial charge on any atom is 0.247 e.